The van der Waals surface area contributed by atoms with Crippen LogP contribution in [0.4, 0.5) is 5.69 Å². The largest absolute Gasteiger partial charge is 0.493 e. The standard InChI is InChI=1S/C29H34N6O5/c1-18-9-8-10-21(15-18)35(25(36)17-34-32-27(31-33-34)23-13-11-19(2)40-23)26(28(37)30-29(3,4)5)20-12-14-22(38-6)24(16-20)39-7/h8-16,26H,17H2,1-7H3,(H,30,37)/t26-/m1/s1. The quantitative estimate of drug-likeness (QED) is 0.330. The molecule has 210 valence electrons. The summed E-state index contributed by atoms with van der Waals surface area (Å²) in [6.45, 7) is 9.11. The molecule has 2 aromatic carbocycles. The lowest BCUT2D eigenvalue weighted by molar-refractivity contribution is -0.128. The number of aryl methyl sites for hydroxylation is 2. The molecule has 4 aromatic rings. The van der Waals surface area contributed by atoms with Crippen LogP contribution in [0.1, 0.15) is 43.7 Å². The molecular weight excluding hydrogens is 512 g/mol. The third-order valence-corrected chi connectivity index (χ3v) is 5.97. The maximum absolute atomic E-state index is 14.1. The minimum absolute atomic E-state index is 0.255. The summed E-state index contributed by atoms with van der Waals surface area (Å²) in [6.07, 6.45) is 0. The van der Waals surface area contributed by atoms with Gasteiger partial charge in [-0.2, -0.15) is 4.80 Å². The molecule has 2 amide bonds. The van der Waals surface area contributed by atoms with E-state index < -0.39 is 17.5 Å². The molecule has 11 nitrogen and oxygen atoms in total. The number of rotatable bonds is 9. The first-order chi connectivity index (χ1) is 19.0. The highest BCUT2D eigenvalue weighted by molar-refractivity contribution is 6.01. The fraction of sp³-hybridized carbons (Fsp3) is 0.345. The molecule has 0 spiro atoms. The lowest BCUT2D eigenvalue weighted by Crippen LogP contribution is -2.50. The molecule has 0 aliphatic heterocycles. The fourth-order valence-electron chi connectivity index (χ4n) is 4.25. The fourth-order valence-corrected chi connectivity index (χ4v) is 4.25. The van der Waals surface area contributed by atoms with Gasteiger partial charge in [0, 0.05) is 11.2 Å². The van der Waals surface area contributed by atoms with Gasteiger partial charge in [-0.1, -0.05) is 18.2 Å². The second-order valence-corrected chi connectivity index (χ2v) is 10.4. The number of benzene rings is 2. The van der Waals surface area contributed by atoms with E-state index in [2.05, 4.69) is 20.7 Å². The lowest BCUT2D eigenvalue weighted by atomic mass is 10.00. The molecule has 4 rings (SSSR count). The van der Waals surface area contributed by atoms with E-state index in [0.29, 0.717) is 34.3 Å². The van der Waals surface area contributed by atoms with Gasteiger partial charge in [0.2, 0.25) is 11.7 Å². The number of nitrogens with one attached hydrogen (secondary N) is 1. The zero-order chi connectivity index (χ0) is 29.0. The van der Waals surface area contributed by atoms with E-state index in [1.165, 1.54) is 23.9 Å². The zero-order valence-corrected chi connectivity index (χ0v) is 23.8. The summed E-state index contributed by atoms with van der Waals surface area (Å²) in [5, 5.41) is 15.4. The maximum Gasteiger partial charge on any atom is 0.251 e. The molecule has 0 saturated carbocycles. The van der Waals surface area contributed by atoms with Crippen LogP contribution in [0, 0.1) is 13.8 Å². The number of carbonyl (C=O) groups is 2. The van der Waals surface area contributed by atoms with Crippen molar-refractivity contribution in [1.82, 2.24) is 25.5 Å². The average molecular weight is 547 g/mol. The molecule has 40 heavy (non-hydrogen) atoms. The number of aromatic nitrogens is 4. The average Bonchev–Trinajstić information content (AvgIpc) is 3.54. The van der Waals surface area contributed by atoms with Crippen molar-refractivity contribution in [2.75, 3.05) is 19.1 Å². The third kappa shape index (κ3) is 6.48. The van der Waals surface area contributed by atoms with Gasteiger partial charge in [0.25, 0.3) is 5.91 Å². The third-order valence-electron chi connectivity index (χ3n) is 5.97. The number of methoxy groups -OCH3 is 2. The van der Waals surface area contributed by atoms with Crippen LogP contribution < -0.4 is 19.7 Å². The summed E-state index contributed by atoms with van der Waals surface area (Å²) in [4.78, 5) is 30.6. The highest BCUT2D eigenvalue weighted by Crippen LogP contribution is 2.35. The van der Waals surface area contributed by atoms with E-state index in [1.807, 2.05) is 52.8 Å². The number of tetrazole rings is 1. The predicted octanol–water partition coefficient (Wildman–Crippen LogP) is 4.26. The van der Waals surface area contributed by atoms with Crippen molar-refractivity contribution in [3.63, 3.8) is 0 Å². The number of hydrogen-bond donors (Lipinski definition) is 1. The zero-order valence-electron chi connectivity index (χ0n) is 23.8. The highest BCUT2D eigenvalue weighted by atomic mass is 16.5. The summed E-state index contributed by atoms with van der Waals surface area (Å²) in [5.74, 6) is 1.55. The number of anilines is 1. The van der Waals surface area contributed by atoms with Gasteiger partial charge < -0.3 is 19.2 Å². The summed E-state index contributed by atoms with van der Waals surface area (Å²) in [7, 11) is 3.05. The second-order valence-electron chi connectivity index (χ2n) is 10.4. The Bertz CT molecular complexity index is 1500. The molecule has 0 fully saturated rings. The normalized spacial score (nSPS) is 12.1. The van der Waals surface area contributed by atoms with Gasteiger partial charge in [-0.3, -0.25) is 14.5 Å². The molecule has 2 aromatic heterocycles. The molecule has 0 aliphatic carbocycles. The topological polar surface area (TPSA) is 125 Å². The molecule has 1 N–H and O–H groups in total. The Morgan fingerprint density at radius 1 is 1.02 bits per heavy atom. The summed E-state index contributed by atoms with van der Waals surface area (Å²) >= 11 is 0. The molecule has 0 saturated heterocycles. The van der Waals surface area contributed by atoms with Gasteiger partial charge in [0.15, 0.2) is 17.3 Å². The number of carbonyl (C=O) groups excluding carboxylic acids is 2. The predicted molar refractivity (Wildman–Crippen MR) is 149 cm³/mol. The Morgan fingerprint density at radius 2 is 1.77 bits per heavy atom. The summed E-state index contributed by atoms with van der Waals surface area (Å²) in [6, 6.07) is 15.0. The van der Waals surface area contributed by atoms with Crippen LogP contribution in [-0.4, -0.2) is 51.8 Å². The molecule has 0 bridgehead atoms. The first kappa shape index (κ1) is 28.3. The summed E-state index contributed by atoms with van der Waals surface area (Å²) in [5.41, 5.74) is 1.44. The Balaban J connectivity index is 1.80. The van der Waals surface area contributed by atoms with Crippen molar-refractivity contribution in [3.8, 4) is 23.1 Å². The van der Waals surface area contributed by atoms with E-state index in [-0.39, 0.29) is 18.3 Å². The van der Waals surface area contributed by atoms with Crippen molar-refractivity contribution in [1.29, 1.82) is 0 Å². The number of amides is 2. The van der Waals surface area contributed by atoms with Crippen LogP contribution in [-0.2, 0) is 16.1 Å². The van der Waals surface area contributed by atoms with Crippen molar-refractivity contribution in [2.24, 2.45) is 0 Å². The first-order valence-corrected chi connectivity index (χ1v) is 12.8. The van der Waals surface area contributed by atoms with Gasteiger partial charge in [-0.05, 0) is 87.4 Å². The number of nitrogens with zero attached hydrogens (tertiary/aromatic N) is 5. The molecule has 2 heterocycles. The van der Waals surface area contributed by atoms with Crippen molar-refractivity contribution < 1.29 is 23.5 Å². The monoisotopic (exact) mass is 546 g/mol. The van der Waals surface area contributed by atoms with E-state index in [1.54, 1.807) is 36.4 Å². The van der Waals surface area contributed by atoms with E-state index in [9.17, 15) is 9.59 Å². The van der Waals surface area contributed by atoms with Crippen molar-refractivity contribution in [3.05, 3.63) is 71.5 Å². The number of hydrogen-bond acceptors (Lipinski definition) is 8. The van der Waals surface area contributed by atoms with Crippen LogP contribution >= 0.6 is 0 Å². The molecule has 0 aliphatic rings. The molecule has 1 atom stereocenters. The van der Waals surface area contributed by atoms with E-state index >= 15 is 0 Å². The summed E-state index contributed by atoms with van der Waals surface area (Å²) < 4.78 is 16.5. The van der Waals surface area contributed by atoms with Crippen molar-refractivity contribution >= 4 is 17.5 Å². The second kappa shape index (κ2) is 11.6. The SMILES string of the molecule is COc1ccc([C@H](C(=O)NC(C)(C)C)N(C(=O)Cn2nnc(-c3ccc(C)o3)n2)c2cccc(C)c2)cc1OC. The minimum Gasteiger partial charge on any atom is -0.493 e. The highest BCUT2D eigenvalue weighted by Gasteiger charge is 2.35. The Morgan fingerprint density at radius 3 is 2.40 bits per heavy atom. The Hall–Kier alpha value is -4.67. The van der Waals surface area contributed by atoms with Crippen LogP contribution in [0.15, 0.2) is 59.0 Å². The smallest absolute Gasteiger partial charge is 0.251 e. The molecule has 0 radical (unpaired) electrons. The molecule has 0 unspecified atom stereocenters. The van der Waals surface area contributed by atoms with Gasteiger partial charge in [-0.15, -0.1) is 10.2 Å². The van der Waals surface area contributed by atoms with Crippen molar-refractivity contribution in [2.45, 2.75) is 52.7 Å². The van der Waals surface area contributed by atoms with Crippen LogP contribution in [0.5, 0.6) is 11.5 Å². The van der Waals surface area contributed by atoms with Gasteiger partial charge in [0.05, 0.1) is 14.2 Å². The Kier molecular flexibility index (Phi) is 8.22. The number of ether oxygens (including phenoxy) is 2. The van der Waals surface area contributed by atoms with Gasteiger partial charge >= 0.3 is 0 Å². The maximum atomic E-state index is 14.1. The molecular formula is C29H34N6O5. The minimum atomic E-state index is -1.05. The van der Waals surface area contributed by atoms with Gasteiger partial charge in [0.1, 0.15) is 18.3 Å². The lowest BCUT2D eigenvalue weighted by Gasteiger charge is -2.34. The molecule has 11 heteroatoms. The van der Waals surface area contributed by atoms with Gasteiger partial charge in [-0.25, -0.2) is 0 Å². The number of furan rings is 1. The van der Waals surface area contributed by atoms with E-state index in [0.717, 1.165) is 5.56 Å². The van der Waals surface area contributed by atoms with Crippen LogP contribution in [0.2, 0.25) is 0 Å². The van der Waals surface area contributed by atoms with Crippen LogP contribution in [0.3, 0.4) is 0 Å². The first-order valence-electron chi connectivity index (χ1n) is 12.8. The van der Waals surface area contributed by atoms with E-state index in [4.69, 9.17) is 13.9 Å². The van der Waals surface area contributed by atoms with Crippen LogP contribution in [0.25, 0.3) is 11.6 Å². The Labute approximate surface area is 233 Å².